The number of aliphatic hydroxyl groups is 1. The number of carboxylic acids is 1. The summed E-state index contributed by atoms with van der Waals surface area (Å²) in [6.07, 6.45) is 21.8. The predicted molar refractivity (Wildman–Crippen MR) is 165 cm³/mol. The highest BCUT2D eigenvalue weighted by Gasteiger charge is 2.72. The standard InChI is InChI=1S/C18H36O2.C17H19NO4/c1-2-3-4-5-6-7-8-9-10-11-12-13-14-15-16-17-18(19)20;1-18-7-6-16-13-9-2-3-10(19)14(13)22-15(16)11(20)4-5-17(16,21)12(18)8-9/h2-17H2,1H3,(H,19,20);2-3,12,15,19,21H,4-8H2,1H3/t;12-,15+,16+,17-/m.1/s1. The molecule has 1 spiro atoms. The van der Waals surface area contributed by atoms with E-state index in [4.69, 9.17) is 9.84 Å². The first-order chi connectivity index (χ1) is 20.3. The first kappa shape index (κ1) is 32.8. The fourth-order valence-corrected chi connectivity index (χ4v) is 8.18. The molecule has 2 fully saturated rings. The molecule has 7 heteroatoms. The Morgan fingerprint density at radius 3 is 2.07 bits per heavy atom. The highest BCUT2D eigenvalue weighted by molar-refractivity contribution is 5.90. The van der Waals surface area contributed by atoms with Crippen molar-refractivity contribution in [1.82, 2.24) is 4.90 Å². The minimum absolute atomic E-state index is 0.00319. The number of likely N-dealkylation sites (N-methyl/N-ethyl adjacent to an activating group) is 1. The van der Waals surface area contributed by atoms with Crippen molar-refractivity contribution in [3.05, 3.63) is 23.3 Å². The second kappa shape index (κ2) is 15.1. The maximum atomic E-state index is 12.5. The molecule has 3 N–H and O–H groups in total. The molecule has 2 bridgehead atoms. The van der Waals surface area contributed by atoms with Gasteiger partial charge in [0.05, 0.1) is 11.0 Å². The van der Waals surface area contributed by atoms with Crippen LogP contribution in [-0.4, -0.2) is 63.3 Å². The number of likely N-dealkylation sites (tertiary alicyclic amines) is 1. The van der Waals surface area contributed by atoms with Gasteiger partial charge in [-0.3, -0.25) is 9.59 Å². The molecule has 4 atom stereocenters. The summed E-state index contributed by atoms with van der Waals surface area (Å²) in [6, 6.07) is 3.57. The monoisotopic (exact) mass is 585 g/mol. The van der Waals surface area contributed by atoms with Crippen molar-refractivity contribution < 1.29 is 29.6 Å². The van der Waals surface area contributed by atoms with E-state index in [-0.39, 0.29) is 17.6 Å². The summed E-state index contributed by atoms with van der Waals surface area (Å²) in [5, 5.41) is 30.4. The van der Waals surface area contributed by atoms with E-state index in [1.165, 1.54) is 83.5 Å². The number of phenolic OH excluding ortho intramolecular Hbond substituents is 1. The molecule has 7 nitrogen and oxygen atoms in total. The van der Waals surface area contributed by atoms with E-state index < -0.39 is 23.1 Å². The van der Waals surface area contributed by atoms with Crippen LogP contribution in [0.3, 0.4) is 0 Å². The van der Waals surface area contributed by atoms with Crippen molar-refractivity contribution in [2.45, 2.75) is 159 Å². The third-order valence-electron chi connectivity index (χ3n) is 10.5. The molecule has 0 aromatic heterocycles. The van der Waals surface area contributed by atoms with Gasteiger partial charge in [-0.25, -0.2) is 0 Å². The van der Waals surface area contributed by atoms with Gasteiger partial charge in [0.2, 0.25) is 0 Å². The van der Waals surface area contributed by atoms with Crippen LogP contribution in [0.2, 0.25) is 0 Å². The number of ether oxygens (including phenoxy) is 1. The van der Waals surface area contributed by atoms with Crippen LogP contribution in [0.25, 0.3) is 0 Å². The minimum Gasteiger partial charge on any atom is -0.504 e. The van der Waals surface area contributed by atoms with E-state index in [1.54, 1.807) is 6.07 Å². The molecule has 1 saturated heterocycles. The quantitative estimate of drug-likeness (QED) is 0.178. The normalized spacial score (nSPS) is 27.2. The number of rotatable bonds is 16. The summed E-state index contributed by atoms with van der Waals surface area (Å²) in [5.41, 5.74) is 0.370. The second-order valence-corrected chi connectivity index (χ2v) is 13.4. The Balaban J connectivity index is 0.000000195. The summed E-state index contributed by atoms with van der Waals surface area (Å²) < 4.78 is 5.94. The molecule has 1 aromatic carbocycles. The van der Waals surface area contributed by atoms with Crippen LogP contribution in [0.4, 0.5) is 0 Å². The molecule has 5 rings (SSSR count). The van der Waals surface area contributed by atoms with Crippen molar-refractivity contribution >= 4 is 11.8 Å². The smallest absolute Gasteiger partial charge is 0.303 e. The fraction of sp³-hybridized carbons (Fsp3) is 0.771. The number of hydrogen-bond acceptors (Lipinski definition) is 6. The number of piperidine rings is 1. The first-order valence-corrected chi connectivity index (χ1v) is 17.0. The van der Waals surface area contributed by atoms with E-state index in [9.17, 15) is 19.8 Å². The first-order valence-electron chi connectivity index (χ1n) is 17.0. The lowest BCUT2D eigenvalue weighted by atomic mass is 9.49. The van der Waals surface area contributed by atoms with Gasteiger partial charge in [0.25, 0.3) is 0 Å². The maximum absolute atomic E-state index is 12.5. The number of ketones is 1. The lowest BCUT2D eigenvalue weighted by Crippen LogP contribution is -2.76. The molecule has 2 aliphatic carbocycles. The number of phenols is 1. The van der Waals surface area contributed by atoms with Crippen molar-refractivity contribution in [3.63, 3.8) is 0 Å². The van der Waals surface area contributed by atoms with Crippen LogP contribution in [0, 0.1) is 0 Å². The Labute approximate surface area is 253 Å². The molecule has 0 unspecified atom stereocenters. The molecule has 2 aliphatic heterocycles. The van der Waals surface area contributed by atoms with Crippen molar-refractivity contribution in [2.75, 3.05) is 13.6 Å². The van der Waals surface area contributed by atoms with Crippen LogP contribution in [0.5, 0.6) is 11.5 Å². The molecule has 4 aliphatic rings. The number of aromatic hydroxyl groups is 1. The molecular formula is C35H55NO6. The number of unbranched alkanes of at least 4 members (excludes halogenated alkanes) is 14. The SMILES string of the molecule is CCCCCCCCCCCCCCCCCC(=O)O.CN1CC[C@]23c4c5ccc(O)c4O[C@H]2C(=O)CC[C@@]3(O)[C@H]1C5. The van der Waals surface area contributed by atoms with Gasteiger partial charge in [0.1, 0.15) is 0 Å². The Morgan fingerprint density at radius 1 is 0.929 bits per heavy atom. The lowest BCUT2D eigenvalue weighted by Gasteiger charge is -2.61. The average Bonchev–Trinajstić information content (AvgIpc) is 3.33. The Hall–Kier alpha value is -2.12. The maximum Gasteiger partial charge on any atom is 0.303 e. The number of carbonyl (C=O) groups excluding carboxylic acids is 1. The van der Waals surface area contributed by atoms with Gasteiger partial charge in [-0.05, 0) is 50.9 Å². The van der Waals surface area contributed by atoms with Gasteiger partial charge in [-0.15, -0.1) is 0 Å². The number of hydrogen-bond donors (Lipinski definition) is 3. The fourth-order valence-electron chi connectivity index (χ4n) is 8.18. The molecule has 1 saturated carbocycles. The Bertz CT molecular complexity index is 1060. The summed E-state index contributed by atoms with van der Waals surface area (Å²) in [5.74, 6) is -0.0923. The van der Waals surface area contributed by atoms with E-state index in [2.05, 4.69) is 11.8 Å². The van der Waals surface area contributed by atoms with Crippen molar-refractivity contribution in [1.29, 1.82) is 0 Å². The lowest BCUT2D eigenvalue weighted by molar-refractivity contribution is -0.185. The molecule has 236 valence electrons. The molecule has 42 heavy (non-hydrogen) atoms. The second-order valence-electron chi connectivity index (χ2n) is 13.4. The number of aliphatic carboxylic acids is 1. The number of nitrogens with zero attached hydrogens (tertiary/aromatic N) is 1. The zero-order chi connectivity index (χ0) is 30.2. The van der Waals surface area contributed by atoms with Crippen molar-refractivity contribution in [2.24, 2.45) is 0 Å². The number of Topliss-reactive ketones (excluding diaryl/α,β-unsaturated/α-hetero) is 1. The summed E-state index contributed by atoms with van der Waals surface area (Å²) in [7, 11) is 2.04. The number of carboxylic acid groups (broad SMARTS) is 1. The highest BCUT2D eigenvalue weighted by Crippen LogP contribution is 2.64. The summed E-state index contributed by atoms with van der Waals surface area (Å²) in [4.78, 5) is 25.1. The third kappa shape index (κ3) is 6.83. The van der Waals surface area contributed by atoms with E-state index >= 15 is 0 Å². The van der Waals surface area contributed by atoms with Gasteiger partial charge in [-0.2, -0.15) is 0 Å². The zero-order valence-corrected chi connectivity index (χ0v) is 26.2. The summed E-state index contributed by atoms with van der Waals surface area (Å²) in [6.45, 7) is 3.10. The Kier molecular flexibility index (Phi) is 11.8. The molecule has 1 aromatic rings. The van der Waals surface area contributed by atoms with Gasteiger partial charge < -0.3 is 25.0 Å². The van der Waals surface area contributed by atoms with E-state index in [0.29, 0.717) is 31.4 Å². The minimum atomic E-state index is -0.954. The van der Waals surface area contributed by atoms with Gasteiger partial charge in [0, 0.05) is 24.4 Å². The topological polar surface area (TPSA) is 107 Å². The predicted octanol–water partition coefficient (Wildman–Crippen LogP) is 7.08. The number of carbonyl (C=O) groups is 2. The molecule has 0 radical (unpaired) electrons. The van der Waals surface area contributed by atoms with Crippen LogP contribution in [0.1, 0.15) is 140 Å². The highest BCUT2D eigenvalue weighted by atomic mass is 16.5. The molecular weight excluding hydrogens is 530 g/mol. The average molecular weight is 586 g/mol. The van der Waals surface area contributed by atoms with Gasteiger partial charge in [0.15, 0.2) is 23.4 Å². The van der Waals surface area contributed by atoms with Crippen LogP contribution in [0.15, 0.2) is 12.1 Å². The van der Waals surface area contributed by atoms with Crippen LogP contribution >= 0.6 is 0 Å². The van der Waals surface area contributed by atoms with Crippen molar-refractivity contribution in [3.8, 4) is 11.5 Å². The molecule has 0 amide bonds. The number of benzene rings is 1. The van der Waals surface area contributed by atoms with Gasteiger partial charge >= 0.3 is 5.97 Å². The largest absolute Gasteiger partial charge is 0.504 e. The van der Waals surface area contributed by atoms with Gasteiger partial charge in [-0.1, -0.05) is 103 Å². The zero-order valence-electron chi connectivity index (χ0n) is 26.2. The third-order valence-corrected chi connectivity index (χ3v) is 10.5. The molecule has 2 heterocycles. The summed E-state index contributed by atoms with van der Waals surface area (Å²) >= 11 is 0. The van der Waals surface area contributed by atoms with Crippen LogP contribution < -0.4 is 4.74 Å². The Morgan fingerprint density at radius 2 is 1.50 bits per heavy atom. The van der Waals surface area contributed by atoms with Crippen LogP contribution in [-0.2, 0) is 21.4 Å². The van der Waals surface area contributed by atoms with E-state index in [1.807, 2.05) is 13.1 Å². The van der Waals surface area contributed by atoms with E-state index in [0.717, 1.165) is 36.9 Å².